The van der Waals surface area contributed by atoms with Crippen molar-refractivity contribution in [3.63, 3.8) is 0 Å². The van der Waals surface area contributed by atoms with Gasteiger partial charge in [-0.1, -0.05) is 0 Å². The van der Waals surface area contributed by atoms with E-state index in [9.17, 15) is 18.0 Å². The fourth-order valence-corrected chi connectivity index (χ4v) is 3.74. The molecule has 130 valence electrons. The van der Waals surface area contributed by atoms with Crippen molar-refractivity contribution in [3.8, 4) is 16.2 Å². The van der Waals surface area contributed by atoms with Gasteiger partial charge in [0.2, 0.25) is 0 Å². The quantitative estimate of drug-likeness (QED) is 0.595. The molecular weight excluding hydrogens is 353 g/mol. The topological polar surface area (TPSA) is 35.5 Å². The first-order chi connectivity index (χ1) is 12.0. The molecule has 0 aliphatic heterocycles. The number of alkyl halides is 2. The summed E-state index contributed by atoms with van der Waals surface area (Å²) in [5, 5.41) is 0.637. The first-order valence-electron chi connectivity index (χ1n) is 7.31. The Balaban J connectivity index is 2.08. The van der Waals surface area contributed by atoms with E-state index in [2.05, 4.69) is 4.74 Å². The fraction of sp³-hybridized carbons (Fsp3) is 0.167. The molecule has 3 rings (SSSR count). The van der Waals surface area contributed by atoms with Crippen LogP contribution in [0.25, 0.3) is 20.5 Å². The number of fused-ring (bicyclic) bond motifs is 1. The van der Waals surface area contributed by atoms with Crippen molar-refractivity contribution in [1.29, 1.82) is 0 Å². The lowest BCUT2D eigenvalue weighted by atomic mass is 10.0. The van der Waals surface area contributed by atoms with Crippen molar-refractivity contribution in [2.45, 2.75) is 13.0 Å². The van der Waals surface area contributed by atoms with E-state index in [1.54, 1.807) is 18.2 Å². The van der Waals surface area contributed by atoms with Crippen LogP contribution < -0.4 is 4.74 Å². The minimum atomic E-state index is -2.90. The van der Waals surface area contributed by atoms with Crippen molar-refractivity contribution < 1.29 is 27.4 Å². The maximum absolute atomic E-state index is 13.6. The molecule has 2 aromatic carbocycles. The van der Waals surface area contributed by atoms with Crippen molar-refractivity contribution >= 4 is 27.4 Å². The van der Waals surface area contributed by atoms with Crippen molar-refractivity contribution in [2.24, 2.45) is 0 Å². The smallest absolute Gasteiger partial charge is 0.387 e. The second-order valence-corrected chi connectivity index (χ2v) is 6.26. The summed E-state index contributed by atoms with van der Waals surface area (Å²) in [4.78, 5) is 12.5. The predicted molar refractivity (Wildman–Crippen MR) is 89.6 cm³/mol. The molecule has 7 heteroatoms. The van der Waals surface area contributed by atoms with Gasteiger partial charge in [-0.25, -0.2) is 4.39 Å². The number of carbonyl (C=O) groups excluding carboxylic acids is 1. The summed E-state index contributed by atoms with van der Waals surface area (Å²) in [6.45, 7) is -2.90. The van der Waals surface area contributed by atoms with E-state index in [0.29, 0.717) is 10.9 Å². The Bertz CT molecular complexity index is 904. The molecule has 0 aliphatic rings. The minimum absolute atomic E-state index is 0.00935. The standard InChI is InChI=1S/C18H13F3O3S/c1-23-16(22)9-14-13-8-11(19)4-7-15(13)25-17(14)10-2-5-12(6-3-10)24-18(20)21/h2-8,18H,9H2,1H3. The normalized spacial score (nSPS) is 11.1. The second-order valence-electron chi connectivity index (χ2n) is 5.21. The van der Waals surface area contributed by atoms with Crippen molar-refractivity contribution in [2.75, 3.05) is 7.11 Å². The molecule has 3 nitrogen and oxygen atoms in total. The highest BCUT2D eigenvalue weighted by atomic mass is 32.1. The van der Waals surface area contributed by atoms with Gasteiger partial charge in [0, 0.05) is 9.58 Å². The maximum Gasteiger partial charge on any atom is 0.387 e. The van der Waals surface area contributed by atoms with Crippen LogP contribution in [0.5, 0.6) is 5.75 Å². The molecule has 0 saturated heterocycles. The molecule has 0 atom stereocenters. The number of hydrogen-bond acceptors (Lipinski definition) is 4. The first-order valence-corrected chi connectivity index (χ1v) is 8.12. The average molecular weight is 366 g/mol. The van der Waals surface area contributed by atoms with Gasteiger partial charge < -0.3 is 9.47 Å². The van der Waals surface area contributed by atoms with E-state index >= 15 is 0 Å². The number of carbonyl (C=O) groups is 1. The van der Waals surface area contributed by atoms with Gasteiger partial charge in [0.25, 0.3) is 0 Å². The van der Waals surface area contributed by atoms with Crippen LogP contribution in [-0.4, -0.2) is 19.7 Å². The Kier molecular flexibility index (Phi) is 4.94. The molecule has 0 unspecified atom stereocenters. The second kappa shape index (κ2) is 7.14. The minimum Gasteiger partial charge on any atom is -0.469 e. The molecule has 1 aromatic heterocycles. The number of rotatable bonds is 5. The van der Waals surface area contributed by atoms with Crippen LogP contribution >= 0.6 is 11.3 Å². The van der Waals surface area contributed by atoms with Crippen LogP contribution in [-0.2, 0) is 16.0 Å². The number of ether oxygens (including phenoxy) is 2. The summed E-state index contributed by atoms with van der Waals surface area (Å²) < 4.78 is 48.0. The molecule has 1 heterocycles. The largest absolute Gasteiger partial charge is 0.469 e. The Morgan fingerprint density at radius 1 is 1.16 bits per heavy atom. The Morgan fingerprint density at radius 3 is 2.52 bits per heavy atom. The molecule has 0 amide bonds. The van der Waals surface area contributed by atoms with E-state index < -0.39 is 18.4 Å². The molecule has 0 aliphatic carbocycles. The van der Waals surface area contributed by atoms with Gasteiger partial charge >= 0.3 is 12.6 Å². The molecule has 0 fully saturated rings. The number of hydrogen-bond donors (Lipinski definition) is 0. The summed E-state index contributed by atoms with van der Waals surface area (Å²) in [5.41, 5.74) is 1.37. The van der Waals surface area contributed by atoms with Gasteiger partial charge in [-0.3, -0.25) is 4.79 Å². The number of thiophene rings is 1. The molecule has 0 radical (unpaired) electrons. The lowest BCUT2D eigenvalue weighted by Crippen LogP contribution is -2.05. The molecular formula is C18H13F3O3S. The number of methoxy groups -OCH3 is 1. The van der Waals surface area contributed by atoms with Gasteiger partial charge in [0.15, 0.2) is 0 Å². The third kappa shape index (κ3) is 3.76. The Hall–Kier alpha value is -2.54. The molecule has 0 saturated carbocycles. The zero-order chi connectivity index (χ0) is 18.0. The molecule has 0 N–H and O–H groups in total. The van der Waals surface area contributed by atoms with Gasteiger partial charge in [-0.05, 0) is 59.0 Å². The Morgan fingerprint density at radius 2 is 1.88 bits per heavy atom. The summed E-state index contributed by atoms with van der Waals surface area (Å²) >= 11 is 1.39. The highest BCUT2D eigenvalue weighted by molar-refractivity contribution is 7.22. The summed E-state index contributed by atoms with van der Waals surface area (Å²) in [5.74, 6) is -0.799. The van der Waals surface area contributed by atoms with Crippen LogP contribution in [0.3, 0.4) is 0 Å². The zero-order valence-corrected chi connectivity index (χ0v) is 13.9. The van der Waals surface area contributed by atoms with Gasteiger partial charge in [0.05, 0.1) is 13.5 Å². The first kappa shape index (κ1) is 17.3. The number of esters is 1. The third-order valence-electron chi connectivity index (χ3n) is 3.64. The van der Waals surface area contributed by atoms with E-state index in [-0.39, 0.29) is 12.2 Å². The maximum atomic E-state index is 13.6. The summed E-state index contributed by atoms with van der Waals surface area (Å²) in [6.07, 6.45) is -0.00935. The van der Waals surface area contributed by atoms with Crippen LogP contribution in [0.4, 0.5) is 13.2 Å². The van der Waals surface area contributed by atoms with Gasteiger partial charge in [-0.15, -0.1) is 11.3 Å². The van der Waals surface area contributed by atoms with Crippen molar-refractivity contribution in [3.05, 3.63) is 53.8 Å². The van der Waals surface area contributed by atoms with Crippen LogP contribution in [0.15, 0.2) is 42.5 Å². The average Bonchev–Trinajstić information content (AvgIpc) is 2.93. The molecule has 3 aromatic rings. The molecule has 0 bridgehead atoms. The highest BCUT2D eigenvalue weighted by Crippen LogP contribution is 2.40. The predicted octanol–water partition coefficient (Wildman–Crippen LogP) is 5.02. The molecule has 0 spiro atoms. The lowest BCUT2D eigenvalue weighted by molar-refractivity contribution is -0.139. The molecule has 25 heavy (non-hydrogen) atoms. The van der Waals surface area contributed by atoms with E-state index in [0.717, 1.165) is 15.1 Å². The lowest BCUT2D eigenvalue weighted by Gasteiger charge is -2.07. The van der Waals surface area contributed by atoms with Crippen molar-refractivity contribution in [1.82, 2.24) is 0 Å². The highest BCUT2D eigenvalue weighted by Gasteiger charge is 2.18. The van der Waals surface area contributed by atoms with Gasteiger partial charge in [-0.2, -0.15) is 8.78 Å². The SMILES string of the molecule is COC(=O)Cc1c(-c2ccc(OC(F)F)cc2)sc2ccc(F)cc12. The third-order valence-corrected chi connectivity index (χ3v) is 4.91. The van der Waals surface area contributed by atoms with Crippen LogP contribution in [0.1, 0.15) is 5.56 Å². The van der Waals surface area contributed by atoms with Crippen LogP contribution in [0.2, 0.25) is 0 Å². The summed E-state index contributed by atoms with van der Waals surface area (Å²) in [7, 11) is 1.29. The van der Waals surface area contributed by atoms with Gasteiger partial charge in [0.1, 0.15) is 11.6 Å². The van der Waals surface area contributed by atoms with E-state index in [1.807, 2.05) is 0 Å². The Labute approximate surface area is 145 Å². The van der Waals surface area contributed by atoms with E-state index in [1.165, 1.54) is 42.7 Å². The number of benzene rings is 2. The zero-order valence-electron chi connectivity index (χ0n) is 13.1. The number of halogens is 3. The monoisotopic (exact) mass is 366 g/mol. The van der Waals surface area contributed by atoms with E-state index in [4.69, 9.17) is 4.74 Å². The fourth-order valence-electron chi connectivity index (χ4n) is 2.53. The van der Waals surface area contributed by atoms with Crippen LogP contribution in [0, 0.1) is 5.82 Å². The summed E-state index contributed by atoms with van der Waals surface area (Å²) in [6, 6.07) is 10.5.